The molecule has 1 saturated heterocycles. The van der Waals surface area contributed by atoms with Crippen LogP contribution >= 0.6 is 0 Å². The molecule has 1 aromatic heterocycles. The predicted octanol–water partition coefficient (Wildman–Crippen LogP) is 4.01. The highest BCUT2D eigenvalue weighted by molar-refractivity contribution is 5.94. The van der Waals surface area contributed by atoms with Gasteiger partial charge >= 0.3 is 0 Å². The zero-order valence-corrected chi connectivity index (χ0v) is 16.7. The number of hydrogen-bond donors (Lipinski definition) is 0. The summed E-state index contributed by atoms with van der Waals surface area (Å²) in [6, 6.07) is 15.3. The molecule has 3 aromatic rings. The van der Waals surface area contributed by atoms with E-state index in [9.17, 15) is 4.79 Å². The second-order valence-electron chi connectivity index (χ2n) is 7.11. The first kappa shape index (κ1) is 19.2. The van der Waals surface area contributed by atoms with E-state index in [1.54, 1.807) is 0 Å². The fourth-order valence-electron chi connectivity index (χ4n) is 3.18. The van der Waals surface area contributed by atoms with E-state index in [-0.39, 0.29) is 5.91 Å². The third-order valence-corrected chi connectivity index (χ3v) is 4.97. The summed E-state index contributed by atoms with van der Waals surface area (Å²) in [7, 11) is 0. The largest absolute Gasteiger partial charge is 0.487 e. The fraction of sp³-hybridized carbons (Fsp3) is 0.304. The first-order valence-electron chi connectivity index (χ1n) is 9.73. The highest BCUT2D eigenvalue weighted by Crippen LogP contribution is 2.24. The lowest BCUT2D eigenvalue weighted by atomic mass is 10.1. The SMILES string of the molecule is Cc1ccc(OCc2nc(-c3ccc(C(=O)N4CCOCC4)cc3)oc2C)cc1. The molecule has 6 nitrogen and oxygen atoms in total. The Morgan fingerprint density at radius 1 is 1.03 bits per heavy atom. The fourth-order valence-corrected chi connectivity index (χ4v) is 3.18. The van der Waals surface area contributed by atoms with E-state index in [4.69, 9.17) is 13.9 Å². The summed E-state index contributed by atoms with van der Waals surface area (Å²) in [6.45, 7) is 6.69. The summed E-state index contributed by atoms with van der Waals surface area (Å²) < 4.78 is 16.9. The number of rotatable bonds is 5. The molecule has 0 N–H and O–H groups in total. The topological polar surface area (TPSA) is 64.8 Å². The maximum absolute atomic E-state index is 12.6. The van der Waals surface area contributed by atoms with Crippen LogP contribution in [0.4, 0.5) is 0 Å². The molecule has 0 spiro atoms. The van der Waals surface area contributed by atoms with E-state index in [1.165, 1.54) is 5.56 Å². The number of oxazole rings is 1. The number of amides is 1. The van der Waals surface area contributed by atoms with Crippen molar-refractivity contribution in [3.8, 4) is 17.2 Å². The van der Waals surface area contributed by atoms with Gasteiger partial charge in [-0.05, 0) is 50.2 Å². The van der Waals surface area contributed by atoms with Crippen LogP contribution in [0.5, 0.6) is 5.75 Å². The van der Waals surface area contributed by atoms with E-state index >= 15 is 0 Å². The van der Waals surface area contributed by atoms with E-state index in [0.717, 1.165) is 22.8 Å². The molecular weight excluding hydrogens is 368 g/mol. The average molecular weight is 392 g/mol. The highest BCUT2D eigenvalue weighted by Gasteiger charge is 2.19. The van der Waals surface area contributed by atoms with Gasteiger partial charge in [-0.15, -0.1) is 0 Å². The van der Waals surface area contributed by atoms with Crippen LogP contribution in [0.1, 0.15) is 27.4 Å². The molecule has 6 heteroatoms. The molecule has 0 saturated carbocycles. The van der Waals surface area contributed by atoms with Crippen molar-refractivity contribution < 1.29 is 18.7 Å². The highest BCUT2D eigenvalue weighted by atomic mass is 16.5. The Morgan fingerprint density at radius 3 is 2.41 bits per heavy atom. The number of nitrogens with zero attached hydrogens (tertiary/aromatic N) is 2. The van der Waals surface area contributed by atoms with Gasteiger partial charge in [0.05, 0.1) is 13.2 Å². The molecular formula is C23H24N2O4. The summed E-state index contributed by atoms with van der Waals surface area (Å²) in [5.74, 6) is 2.07. The predicted molar refractivity (Wildman–Crippen MR) is 109 cm³/mol. The molecule has 1 aliphatic heterocycles. The lowest BCUT2D eigenvalue weighted by Gasteiger charge is -2.26. The molecule has 0 atom stereocenters. The lowest BCUT2D eigenvalue weighted by molar-refractivity contribution is 0.0303. The normalized spacial score (nSPS) is 14.1. The van der Waals surface area contributed by atoms with E-state index in [2.05, 4.69) is 4.98 Å². The third kappa shape index (κ3) is 4.49. The monoisotopic (exact) mass is 392 g/mol. The molecule has 29 heavy (non-hydrogen) atoms. The van der Waals surface area contributed by atoms with Crippen molar-refractivity contribution in [1.82, 2.24) is 9.88 Å². The molecule has 2 heterocycles. The van der Waals surface area contributed by atoms with Crippen LogP contribution in [0, 0.1) is 13.8 Å². The Morgan fingerprint density at radius 2 is 1.72 bits per heavy atom. The molecule has 150 valence electrons. The summed E-state index contributed by atoms with van der Waals surface area (Å²) in [5, 5.41) is 0. The first-order valence-corrected chi connectivity index (χ1v) is 9.73. The van der Waals surface area contributed by atoms with Crippen molar-refractivity contribution in [2.24, 2.45) is 0 Å². The molecule has 0 bridgehead atoms. The van der Waals surface area contributed by atoms with Crippen molar-refractivity contribution in [3.63, 3.8) is 0 Å². The molecule has 1 fully saturated rings. The standard InChI is InChI=1S/C23H24N2O4/c1-16-3-9-20(10-4-16)28-15-21-17(2)29-22(24-21)18-5-7-19(8-6-18)23(26)25-11-13-27-14-12-25/h3-10H,11-15H2,1-2H3. The van der Waals surface area contributed by atoms with Crippen molar-refractivity contribution in [3.05, 3.63) is 71.1 Å². The summed E-state index contributed by atoms with van der Waals surface area (Å²) in [4.78, 5) is 18.9. The zero-order chi connectivity index (χ0) is 20.2. The van der Waals surface area contributed by atoms with Crippen LogP contribution in [0.15, 0.2) is 52.9 Å². The minimum Gasteiger partial charge on any atom is -0.487 e. The minimum absolute atomic E-state index is 0.0237. The quantitative estimate of drug-likeness (QED) is 0.656. The smallest absolute Gasteiger partial charge is 0.254 e. The van der Waals surface area contributed by atoms with Gasteiger partial charge in [0, 0.05) is 24.2 Å². The van der Waals surface area contributed by atoms with Crippen LogP contribution in [0.2, 0.25) is 0 Å². The number of benzene rings is 2. The molecule has 0 aliphatic carbocycles. The van der Waals surface area contributed by atoms with Crippen LogP contribution in [0.3, 0.4) is 0 Å². The van der Waals surface area contributed by atoms with Gasteiger partial charge in [-0.2, -0.15) is 0 Å². The number of aromatic nitrogens is 1. The Bertz CT molecular complexity index is 971. The second kappa shape index (κ2) is 8.49. The Balaban J connectivity index is 1.43. The van der Waals surface area contributed by atoms with Crippen molar-refractivity contribution in [1.29, 1.82) is 0 Å². The number of hydrogen-bond acceptors (Lipinski definition) is 5. The Hall–Kier alpha value is -3.12. The van der Waals surface area contributed by atoms with Gasteiger partial charge < -0.3 is 18.8 Å². The van der Waals surface area contributed by atoms with Crippen LogP contribution in [-0.4, -0.2) is 42.1 Å². The molecule has 4 rings (SSSR count). The third-order valence-electron chi connectivity index (χ3n) is 4.97. The number of carbonyl (C=O) groups excluding carboxylic acids is 1. The van der Waals surface area contributed by atoms with Gasteiger partial charge in [-0.25, -0.2) is 4.98 Å². The summed E-state index contributed by atoms with van der Waals surface area (Å²) in [5.41, 5.74) is 3.43. The maximum atomic E-state index is 12.6. The van der Waals surface area contributed by atoms with Crippen molar-refractivity contribution >= 4 is 5.91 Å². The van der Waals surface area contributed by atoms with Crippen LogP contribution in [0.25, 0.3) is 11.5 Å². The zero-order valence-electron chi connectivity index (χ0n) is 16.7. The number of ether oxygens (including phenoxy) is 2. The number of morpholine rings is 1. The number of carbonyl (C=O) groups is 1. The average Bonchev–Trinajstić information content (AvgIpc) is 3.14. The van der Waals surface area contributed by atoms with Gasteiger partial charge in [0.15, 0.2) is 0 Å². The van der Waals surface area contributed by atoms with E-state index in [0.29, 0.717) is 44.4 Å². The van der Waals surface area contributed by atoms with E-state index in [1.807, 2.05) is 67.3 Å². The maximum Gasteiger partial charge on any atom is 0.254 e. The van der Waals surface area contributed by atoms with Gasteiger partial charge in [-0.1, -0.05) is 17.7 Å². The van der Waals surface area contributed by atoms with Gasteiger partial charge in [0.25, 0.3) is 5.91 Å². The Labute approximate surface area is 170 Å². The summed E-state index contributed by atoms with van der Waals surface area (Å²) in [6.07, 6.45) is 0. The van der Waals surface area contributed by atoms with Gasteiger partial charge in [-0.3, -0.25) is 4.79 Å². The molecule has 2 aromatic carbocycles. The molecule has 1 aliphatic rings. The number of aryl methyl sites for hydroxylation is 2. The molecule has 1 amide bonds. The Kier molecular flexibility index (Phi) is 5.62. The van der Waals surface area contributed by atoms with Crippen molar-refractivity contribution in [2.75, 3.05) is 26.3 Å². The van der Waals surface area contributed by atoms with Crippen LogP contribution < -0.4 is 4.74 Å². The van der Waals surface area contributed by atoms with Crippen molar-refractivity contribution in [2.45, 2.75) is 20.5 Å². The molecule has 0 unspecified atom stereocenters. The molecule has 0 radical (unpaired) electrons. The van der Waals surface area contributed by atoms with Crippen LogP contribution in [-0.2, 0) is 11.3 Å². The van der Waals surface area contributed by atoms with Gasteiger partial charge in [0.1, 0.15) is 23.8 Å². The summed E-state index contributed by atoms with van der Waals surface area (Å²) >= 11 is 0. The minimum atomic E-state index is 0.0237. The van der Waals surface area contributed by atoms with Gasteiger partial charge in [0.2, 0.25) is 5.89 Å². The second-order valence-corrected chi connectivity index (χ2v) is 7.11. The lowest BCUT2D eigenvalue weighted by Crippen LogP contribution is -2.40. The van der Waals surface area contributed by atoms with E-state index < -0.39 is 0 Å². The first-order chi connectivity index (χ1) is 14.1.